The van der Waals surface area contributed by atoms with Crippen LogP contribution in [0.2, 0.25) is 0 Å². The molecule has 0 amide bonds. The molecule has 2 aromatic carbocycles. The number of hydrogen-bond donors (Lipinski definition) is 0. The minimum atomic E-state index is 1.00. The van der Waals surface area contributed by atoms with Crippen molar-refractivity contribution in [2.45, 2.75) is 0 Å². The van der Waals surface area contributed by atoms with Crippen molar-refractivity contribution in [1.29, 1.82) is 0 Å². The predicted molar refractivity (Wildman–Crippen MR) is 73.9 cm³/mol. The largest absolute Gasteiger partial charge is 0.256 e. The molecule has 0 atom stereocenters. The van der Waals surface area contributed by atoms with Crippen molar-refractivity contribution in [3.63, 3.8) is 0 Å². The van der Waals surface area contributed by atoms with E-state index in [2.05, 4.69) is 47.4 Å². The Hall–Kier alpha value is -2.41. The van der Waals surface area contributed by atoms with Gasteiger partial charge in [-0.05, 0) is 35.4 Å². The Morgan fingerprint density at radius 3 is 2.33 bits per heavy atom. The molecule has 0 unspecified atom stereocenters. The van der Waals surface area contributed by atoms with E-state index in [4.69, 9.17) is 0 Å². The van der Waals surface area contributed by atoms with E-state index < -0.39 is 0 Å². The second-order valence-corrected chi connectivity index (χ2v) is 4.08. The molecule has 1 radical (unpaired) electrons. The highest BCUT2D eigenvalue weighted by molar-refractivity contribution is 5.71. The molecule has 85 valence electrons. The molecule has 0 N–H and O–H groups in total. The van der Waals surface area contributed by atoms with Gasteiger partial charge < -0.3 is 0 Å². The standard InChI is InChI=1S/C17H12N/c1-2-7-14(8-3-1)15-9-6-10-16(13-15)17-11-4-5-12-18-17/h2-13H. The molecule has 3 aromatic rings. The monoisotopic (exact) mass is 230 g/mol. The fourth-order valence-corrected chi connectivity index (χ4v) is 1.97. The van der Waals surface area contributed by atoms with Gasteiger partial charge in [0.15, 0.2) is 0 Å². The zero-order valence-electron chi connectivity index (χ0n) is 9.88. The second-order valence-electron chi connectivity index (χ2n) is 4.08. The smallest absolute Gasteiger partial charge is 0.0702 e. The number of hydrogen-bond acceptors (Lipinski definition) is 1. The van der Waals surface area contributed by atoms with Gasteiger partial charge in [0.1, 0.15) is 0 Å². The van der Waals surface area contributed by atoms with E-state index in [-0.39, 0.29) is 0 Å². The van der Waals surface area contributed by atoms with Crippen LogP contribution >= 0.6 is 0 Å². The molecular weight excluding hydrogens is 218 g/mol. The lowest BCUT2D eigenvalue weighted by molar-refractivity contribution is 1.33. The first-order valence-electron chi connectivity index (χ1n) is 5.91. The van der Waals surface area contributed by atoms with Crippen LogP contribution in [0.5, 0.6) is 0 Å². The fraction of sp³-hybridized carbons (Fsp3) is 0. The summed E-state index contributed by atoms with van der Waals surface area (Å²) in [6.07, 6.45) is 1.82. The maximum Gasteiger partial charge on any atom is 0.0702 e. The average molecular weight is 230 g/mol. The van der Waals surface area contributed by atoms with Crippen LogP contribution in [0, 0.1) is 6.07 Å². The minimum Gasteiger partial charge on any atom is -0.256 e. The summed E-state index contributed by atoms with van der Waals surface area (Å²) in [5.41, 5.74) is 4.54. The lowest BCUT2D eigenvalue weighted by Crippen LogP contribution is -1.83. The molecule has 0 aliphatic carbocycles. The lowest BCUT2D eigenvalue weighted by atomic mass is 10.0. The van der Waals surface area contributed by atoms with Crippen LogP contribution in [-0.4, -0.2) is 4.98 Å². The van der Waals surface area contributed by atoms with Gasteiger partial charge in [-0.15, -0.1) is 0 Å². The maximum absolute atomic E-state index is 4.38. The van der Waals surface area contributed by atoms with Crippen LogP contribution in [0.1, 0.15) is 0 Å². The molecule has 3 rings (SSSR count). The molecule has 0 fully saturated rings. The van der Waals surface area contributed by atoms with Crippen molar-refractivity contribution in [1.82, 2.24) is 4.98 Å². The number of rotatable bonds is 2. The summed E-state index contributed by atoms with van der Waals surface area (Å²) in [6, 6.07) is 25.4. The lowest BCUT2D eigenvalue weighted by Gasteiger charge is -2.05. The topological polar surface area (TPSA) is 12.9 Å². The molecule has 1 heteroatoms. The molecule has 0 saturated carbocycles. The third kappa shape index (κ3) is 2.16. The van der Waals surface area contributed by atoms with Gasteiger partial charge in [-0.3, -0.25) is 4.98 Å². The summed E-state index contributed by atoms with van der Waals surface area (Å²) in [4.78, 5) is 4.38. The van der Waals surface area contributed by atoms with Gasteiger partial charge >= 0.3 is 0 Å². The molecule has 0 spiro atoms. The second kappa shape index (κ2) is 4.84. The summed E-state index contributed by atoms with van der Waals surface area (Å²) in [5, 5.41) is 0. The molecule has 1 aromatic heterocycles. The molecular formula is C17H12N. The quantitative estimate of drug-likeness (QED) is 0.642. The first-order chi connectivity index (χ1) is 8.93. The number of pyridine rings is 1. The van der Waals surface area contributed by atoms with Crippen LogP contribution in [0.3, 0.4) is 0 Å². The third-order valence-corrected chi connectivity index (χ3v) is 2.87. The van der Waals surface area contributed by atoms with Gasteiger partial charge in [0.25, 0.3) is 0 Å². The number of nitrogens with zero attached hydrogens (tertiary/aromatic N) is 1. The molecule has 1 heterocycles. The Morgan fingerprint density at radius 1 is 0.722 bits per heavy atom. The maximum atomic E-state index is 4.38. The van der Waals surface area contributed by atoms with Crippen LogP contribution in [0.4, 0.5) is 0 Å². The zero-order valence-corrected chi connectivity index (χ0v) is 9.88. The number of aromatic nitrogens is 1. The highest BCUT2D eigenvalue weighted by Crippen LogP contribution is 2.24. The molecule has 0 bridgehead atoms. The van der Waals surface area contributed by atoms with Gasteiger partial charge in [-0.1, -0.05) is 48.5 Å². The molecule has 0 aliphatic rings. The Morgan fingerprint density at radius 2 is 1.56 bits per heavy atom. The molecule has 1 nitrogen and oxygen atoms in total. The van der Waals surface area contributed by atoms with Crippen molar-refractivity contribution in [3.05, 3.63) is 79.0 Å². The van der Waals surface area contributed by atoms with E-state index in [1.54, 1.807) is 0 Å². The van der Waals surface area contributed by atoms with Crippen LogP contribution < -0.4 is 0 Å². The first-order valence-corrected chi connectivity index (χ1v) is 5.91. The van der Waals surface area contributed by atoms with Crippen LogP contribution in [0.15, 0.2) is 72.9 Å². The van der Waals surface area contributed by atoms with Gasteiger partial charge in [-0.25, -0.2) is 0 Å². The number of benzene rings is 2. The highest BCUT2D eigenvalue weighted by Gasteiger charge is 2.01. The van der Waals surface area contributed by atoms with E-state index in [0.29, 0.717) is 0 Å². The van der Waals surface area contributed by atoms with E-state index in [0.717, 1.165) is 11.3 Å². The third-order valence-electron chi connectivity index (χ3n) is 2.87. The van der Waals surface area contributed by atoms with Crippen molar-refractivity contribution in [2.75, 3.05) is 0 Å². The zero-order chi connectivity index (χ0) is 12.2. The van der Waals surface area contributed by atoms with Gasteiger partial charge in [0, 0.05) is 11.8 Å². The van der Waals surface area contributed by atoms with E-state index in [9.17, 15) is 0 Å². The Bertz CT molecular complexity index is 575. The summed E-state index contributed by atoms with van der Waals surface area (Å²) >= 11 is 0. The van der Waals surface area contributed by atoms with Crippen molar-refractivity contribution in [2.24, 2.45) is 0 Å². The average Bonchev–Trinajstić information content (AvgIpc) is 2.49. The summed E-state index contributed by atoms with van der Waals surface area (Å²) < 4.78 is 0. The van der Waals surface area contributed by atoms with Gasteiger partial charge in [0.05, 0.1) is 5.69 Å². The molecule has 0 aliphatic heterocycles. The fourth-order valence-electron chi connectivity index (χ4n) is 1.97. The Labute approximate surface area is 107 Å². The van der Waals surface area contributed by atoms with Crippen LogP contribution in [-0.2, 0) is 0 Å². The van der Waals surface area contributed by atoms with Crippen molar-refractivity contribution >= 4 is 0 Å². The summed E-state index contributed by atoms with van der Waals surface area (Å²) in [6.45, 7) is 0. The van der Waals surface area contributed by atoms with E-state index in [1.807, 2.05) is 36.5 Å². The Balaban J connectivity index is 2.05. The van der Waals surface area contributed by atoms with Crippen LogP contribution in [0.25, 0.3) is 22.4 Å². The highest BCUT2D eigenvalue weighted by atomic mass is 14.7. The minimum absolute atomic E-state index is 1.00. The summed E-state index contributed by atoms with van der Waals surface area (Å²) in [7, 11) is 0. The Kier molecular flexibility index (Phi) is 2.89. The summed E-state index contributed by atoms with van der Waals surface area (Å²) in [5.74, 6) is 0. The first kappa shape index (κ1) is 10.7. The van der Waals surface area contributed by atoms with Gasteiger partial charge in [0.2, 0.25) is 0 Å². The van der Waals surface area contributed by atoms with E-state index in [1.165, 1.54) is 11.1 Å². The van der Waals surface area contributed by atoms with Gasteiger partial charge in [-0.2, -0.15) is 0 Å². The van der Waals surface area contributed by atoms with E-state index >= 15 is 0 Å². The van der Waals surface area contributed by atoms with Crippen molar-refractivity contribution < 1.29 is 0 Å². The predicted octanol–water partition coefficient (Wildman–Crippen LogP) is 4.22. The molecule has 0 saturated heterocycles. The molecule has 18 heavy (non-hydrogen) atoms. The SMILES string of the molecule is [c]1ccc(-c2cccc(-c3ccccn3)c2)cc1. The normalized spacial score (nSPS) is 10.2. The van der Waals surface area contributed by atoms with Crippen molar-refractivity contribution in [3.8, 4) is 22.4 Å².